The molecule has 1 fully saturated rings. The SMILES string of the molecule is CC[C@@](O)(CC[C@@H]1CC[C@H](c2ccc(C(=O)NCc3ccccn3)cc2)C2=C3CCC(=O)C=C3CCC21)C(F)(F)C(F)(F)F. The molecule has 0 bridgehead atoms. The van der Waals surface area contributed by atoms with Crippen LogP contribution in [0.15, 0.2) is 71.5 Å². The minimum Gasteiger partial charge on any atom is -0.383 e. The van der Waals surface area contributed by atoms with Crippen molar-refractivity contribution in [1.82, 2.24) is 10.3 Å². The number of nitrogens with zero attached hydrogens (tertiary/aromatic N) is 1. The zero-order chi connectivity index (χ0) is 31.7. The number of amides is 1. The average molecular weight is 617 g/mol. The molecule has 1 aromatic carbocycles. The number of hydrogen-bond acceptors (Lipinski definition) is 4. The van der Waals surface area contributed by atoms with Crippen molar-refractivity contribution in [2.45, 2.75) is 94.9 Å². The number of alkyl halides is 5. The summed E-state index contributed by atoms with van der Waals surface area (Å²) in [6, 6.07) is 12.8. The van der Waals surface area contributed by atoms with Crippen LogP contribution in [0.25, 0.3) is 0 Å². The molecule has 236 valence electrons. The van der Waals surface area contributed by atoms with Gasteiger partial charge in [0.15, 0.2) is 5.78 Å². The lowest BCUT2D eigenvalue weighted by Gasteiger charge is -2.46. The normalized spacial score (nSPS) is 23.8. The van der Waals surface area contributed by atoms with Gasteiger partial charge in [-0.05, 0) is 110 Å². The first-order valence-corrected chi connectivity index (χ1v) is 15.3. The lowest BCUT2D eigenvalue weighted by atomic mass is 9.59. The quantitative estimate of drug-likeness (QED) is 0.284. The largest absolute Gasteiger partial charge is 0.456 e. The lowest BCUT2D eigenvalue weighted by molar-refractivity contribution is -0.344. The highest BCUT2D eigenvalue weighted by atomic mass is 19.4. The second kappa shape index (κ2) is 12.5. The first-order chi connectivity index (χ1) is 20.8. The minimum atomic E-state index is -5.84. The third-order valence-electron chi connectivity index (χ3n) is 9.77. The van der Waals surface area contributed by atoms with Crippen LogP contribution in [0, 0.1) is 11.8 Å². The molecule has 5 nitrogen and oxygen atoms in total. The smallest absolute Gasteiger partial charge is 0.383 e. The van der Waals surface area contributed by atoms with E-state index in [9.17, 15) is 36.6 Å². The Balaban J connectivity index is 1.38. The number of pyridine rings is 1. The van der Waals surface area contributed by atoms with Gasteiger partial charge in [-0.15, -0.1) is 0 Å². The highest BCUT2D eigenvalue weighted by Crippen LogP contribution is 2.55. The van der Waals surface area contributed by atoms with Gasteiger partial charge in [-0.1, -0.05) is 30.7 Å². The van der Waals surface area contributed by atoms with E-state index < -0.39 is 30.5 Å². The second-order valence-electron chi connectivity index (χ2n) is 12.2. The summed E-state index contributed by atoms with van der Waals surface area (Å²) in [5.74, 6) is -5.66. The molecular weight excluding hydrogens is 579 g/mol. The van der Waals surface area contributed by atoms with Crippen molar-refractivity contribution in [3.05, 3.63) is 88.3 Å². The molecule has 3 aliphatic rings. The summed E-state index contributed by atoms with van der Waals surface area (Å²) in [5.41, 5.74) is 2.24. The molecule has 2 N–H and O–H groups in total. The summed E-state index contributed by atoms with van der Waals surface area (Å²) >= 11 is 0. The highest BCUT2D eigenvalue weighted by molar-refractivity contribution is 5.94. The van der Waals surface area contributed by atoms with Gasteiger partial charge in [-0.3, -0.25) is 14.6 Å². The van der Waals surface area contributed by atoms with E-state index >= 15 is 0 Å². The number of rotatable bonds is 9. The average Bonchev–Trinajstić information content (AvgIpc) is 3.01. The van der Waals surface area contributed by atoms with E-state index in [1.165, 1.54) is 0 Å². The summed E-state index contributed by atoms with van der Waals surface area (Å²) in [5, 5.41) is 13.4. The van der Waals surface area contributed by atoms with Crippen LogP contribution in [0.3, 0.4) is 0 Å². The minimum absolute atomic E-state index is 0.0320. The monoisotopic (exact) mass is 616 g/mol. The summed E-state index contributed by atoms with van der Waals surface area (Å²) in [4.78, 5) is 29.2. The van der Waals surface area contributed by atoms with Crippen LogP contribution < -0.4 is 5.32 Å². The maximum absolute atomic E-state index is 14.4. The first-order valence-electron chi connectivity index (χ1n) is 15.3. The molecule has 0 radical (unpaired) electrons. The van der Waals surface area contributed by atoms with Crippen LogP contribution in [0.4, 0.5) is 22.0 Å². The van der Waals surface area contributed by atoms with Gasteiger partial charge in [0.05, 0.1) is 12.2 Å². The second-order valence-corrected chi connectivity index (χ2v) is 12.2. The molecule has 1 unspecified atom stereocenters. The van der Waals surface area contributed by atoms with Crippen molar-refractivity contribution >= 4 is 11.7 Å². The number of aromatic nitrogens is 1. The van der Waals surface area contributed by atoms with Crippen molar-refractivity contribution in [3.63, 3.8) is 0 Å². The van der Waals surface area contributed by atoms with Gasteiger partial charge in [0.2, 0.25) is 0 Å². The molecule has 4 atom stereocenters. The number of hydrogen-bond donors (Lipinski definition) is 2. The number of ketones is 1. The Morgan fingerprint density at radius 1 is 1.00 bits per heavy atom. The Kier molecular flexibility index (Phi) is 9.12. The molecular formula is C34H37F5N2O3. The number of carbonyl (C=O) groups is 2. The van der Waals surface area contributed by atoms with Crippen LogP contribution in [0.5, 0.6) is 0 Å². The lowest BCUT2D eigenvalue weighted by Crippen LogP contribution is -2.57. The Morgan fingerprint density at radius 2 is 1.75 bits per heavy atom. The zero-order valence-corrected chi connectivity index (χ0v) is 24.6. The van der Waals surface area contributed by atoms with Crippen molar-refractivity contribution in [1.29, 1.82) is 0 Å². The van der Waals surface area contributed by atoms with Crippen molar-refractivity contribution < 1.29 is 36.6 Å². The molecule has 44 heavy (non-hydrogen) atoms. The molecule has 0 saturated heterocycles. The Bertz CT molecular complexity index is 1440. The van der Waals surface area contributed by atoms with Gasteiger partial charge in [0, 0.05) is 24.1 Å². The van der Waals surface area contributed by atoms with Gasteiger partial charge >= 0.3 is 12.1 Å². The highest BCUT2D eigenvalue weighted by Gasteiger charge is 2.68. The van der Waals surface area contributed by atoms with E-state index in [0.29, 0.717) is 50.6 Å². The number of fused-ring (bicyclic) bond motifs is 2. The van der Waals surface area contributed by atoms with E-state index in [4.69, 9.17) is 0 Å². The Hall–Kier alpha value is -3.40. The number of allylic oxidation sites excluding steroid dienone is 4. The fourth-order valence-electron chi connectivity index (χ4n) is 7.28. The Labute approximate surface area is 253 Å². The predicted octanol–water partition coefficient (Wildman–Crippen LogP) is 7.62. The van der Waals surface area contributed by atoms with Gasteiger partial charge in [0.25, 0.3) is 5.91 Å². The van der Waals surface area contributed by atoms with Crippen LogP contribution >= 0.6 is 0 Å². The van der Waals surface area contributed by atoms with Gasteiger partial charge < -0.3 is 10.4 Å². The number of carbonyl (C=O) groups excluding carboxylic acids is 2. The Morgan fingerprint density at radius 3 is 2.41 bits per heavy atom. The number of aliphatic hydroxyl groups is 1. The maximum Gasteiger partial charge on any atom is 0.456 e. The van der Waals surface area contributed by atoms with Crippen LogP contribution in [-0.4, -0.2) is 39.5 Å². The van der Waals surface area contributed by atoms with E-state index in [0.717, 1.165) is 34.9 Å². The van der Waals surface area contributed by atoms with E-state index in [1.807, 2.05) is 24.3 Å². The summed E-state index contributed by atoms with van der Waals surface area (Å²) in [6.45, 7) is 1.45. The molecule has 0 spiro atoms. The molecule has 0 aliphatic heterocycles. The van der Waals surface area contributed by atoms with Gasteiger partial charge in [0.1, 0.15) is 5.60 Å². The third-order valence-corrected chi connectivity index (χ3v) is 9.77. The van der Waals surface area contributed by atoms with Gasteiger partial charge in [-0.2, -0.15) is 22.0 Å². The van der Waals surface area contributed by atoms with E-state index in [1.54, 1.807) is 30.5 Å². The van der Waals surface area contributed by atoms with E-state index in [2.05, 4.69) is 10.3 Å². The van der Waals surface area contributed by atoms with Crippen molar-refractivity contribution in [3.8, 4) is 0 Å². The molecule has 3 aliphatic carbocycles. The maximum atomic E-state index is 14.4. The number of benzene rings is 1. The molecule has 1 aromatic heterocycles. The zero-order valence-electron chi connectivity index (χ0n) is 24.6. The fourth-order valence-corrected chi connectivity index (χ4v) is 7.28. The number of halogens is 5. The molecule has 2 aromatic rings. The standard InChI is InChI=1S/C34H37F5N2O3/c1-2-32(44,33(35,36)34(37,38)39)17-16-22-10-13-27(30-28(22)14-11-24-19-26(42)12-15-29(24)30)21-6-8-23(9-7-21)31(43)41-20-25-5-3-4-18-40-25/h3-9,18-19,22,27-28,44H,2,10-17,20H2,1H3,(H,41,43)/t22-,27+,28?,32+/m0/s1. The first kappa shape index (κ1) is 32.0. The molecule has 1 heterocycles. The topological polar surface area (TPSA) is 79.3 Å². The fraction of sp³-hybridized carbons (Fsp3) is 0.500. The van der Waals surface area contributed by atoms with Crippen LogP contribution in [-0.2, 0) is 11.3 Å². The van der Waals surface area contributed by atoms with Gasteiger partial charge in [-0.25, -0.2) is 0 Å². The van der Waals surface area contributed by atoms with Crippen molar-refractivity contribution in [2.24, 2.45) is 11.8 Å². The van der Waals surface area contributed by atoms with Crippen LogP contribution in [0.1, 0.15) is 92.2 Å². The number of nitrogens with one attached hydrogen (secondary N) is 1. The molecule has 1 saturated carbocycles. The van der Waals surface area contributed by atoms with Crippen molar-refractivity contribution in [2.75, 3.05) is 0 Å². The molecule has 10 heteroatoms. The van der Waals surface area contributed by atoms with E-state index in [-0.39, 0.29) is 35.9 Å². The third kappa shape index (κ3) is 6.23. The molecule has 5 rings (SSSR count). The summed E-state index contributed by atoms with van der Waals surface area (Å²) in [7, 11) is 0. The summed E-state index contributed by atoms with van der Waals surface area (Å²) in [6.07, 6.45) is -0.341. The molecule has 1 amide bonds. The predicted molar refractivity (Wildman–Crippen MR) is 155 cm³/mol. The van der Waals surface area contributed by atoms with Crippen LogP contribution in [0.2, 0.25) is 0 Å². The summed E-state index contributed by atoms with van der Waals surface area (Å²) < 4.78 is 68.4.